The lowest BCUT2D eigenvalue weighted by atomic mass is 9.81. The van der Waals surface area contributed by atoms with E-state index < -0.39 is 11.7 Å². The van der Waals surface area contributed by atoms with Crippen molar-refractivity contribution in [3.63, 3.8) is 0 Å². The normalized spacial score (nSPS) is 12.4. The number of hydrogen-bond acceptors (Lipinski definition) is 2. The van der Waals surface area contributed by atoms with E-state index in [2.05, 4.69) is 56.1 Å². The van der Waals surface area contributed by atoms with E-state index in [1.54, 1.807) is 18.2 Å². The summed E-state index contributed by atoms with van der Waals surface area (Å²) in [6.45, 7) is 6.38. The number of nitrogens with zero attached hydrogens (tertiary/aromatic N) is 2. The SMILES string of the molecule is CC(C)(C)c1cc(-c2ncc(C(F)(F)F)c3c(C#N)c4ccccc4cc23)cc2cc3ccccc3cc12. The number of benzene rings is 5. The predicted octanol–water partition coefficient (Wildman–Crippen LogP) is 9.55. The summed E-state index contributed by atoms with van der Waals surface area (Å²) in [6, 6.07) is 27.3. The third-order valence-corrected chi connectivity index (χ3v) is 7.21. The van der Waals surface area contributed by atoms with Crippen LogP contribution in [0.1, 0.15) is 37.5 Å². The Morgan fingerprint density at radius 3 is 1.97 bits per heavy atom. The largest absolute Gasteiger partial charge is 0.418 e. The highest BCUT2D eigenvalue weighted by Gasteiger charge is 2.35. The molecule has 0 saturated carbocycles. The van der Waals surface area contributed by atoms with Crippen LogP contribution in [-0.2, 0) is 11.6 Å². The average Bonchev–Trinajstić information content (AvgIpc) is 2.88. The quantitative estimate of drug-likeness (QED) is 0.209. The van der Waals surface area contributed by atoms with Crippen molar-refractivity contribution in [2.45, 2.75) is 32.4 Å². The predicted molar refractivity (Wildman–Crippen MR) is 148 cm³/mol. The molecule has 0 spiro atoms. The fraction of sp³-hybridized carbons (Fsp3) is 0.152. The first-order chi connectivity index (χ1) is 18.1. The molecular weight excluding hydrogens is 481 g/mol. The van der Waals surface area contributed by atoms with E-state index in [0.29, 0.717) is 21.9 Å². The molecule has 186 valence electrons. The lowest BCUT2D eigenvalue weighted by molar-refractivity contribution is -0.136. The standard InChI is InChI=1S/C33H23F3N2/c1-32(2,3)28-16-23(13-22-12-19-8-4-5-9-20(19)14-25(22)28)31-26-15-21-10-6-7-11-24(21)27(17-37)30(26)29(18-38-31)33(34,35)36/h4-16,18H,1-3H3. The number of rotatable bonds is 1. The van der Waals surface area contributed by atoms with Gasteiger partial charge in [-0.05, 0) is 68.2 Å². The van der Waals surface area contributed by atoms with E-state index in [9.17, 15) is 18.4 Å². The van der Waals surface area contributed by atoms with E-state index in [1.807, 2.05) is 36.4 Å². The minimum Gasteiger partial charge on any atom is -0.255 e. The molecule has 0 radical (unpaired) electrons. The zero-order valence-corrected chi connectivity index (χ0v) is 21.1. The smallest absolute Gasteiger partial charge is 0.255 e. The van der Waals surface area contributed by atoms with Crippen LogP contribution in [0.4, 0.5) is 13.2 Å². The molecular formula is C33H23F3N2. The Balaban J connectivity index is 1.77. The van der Waals surface area contributed by atoms with Crippen molar-refractivity contribution in [1.82, 2.24) is 4.98 Å². The highest BCUT2D eigenvalue weighted by atomic mass is 19.4. The van der Waals surface area contributed by atoms with Gasteiger partial charge in [0.05, 0.1) is 16.8 Å². The second-order valence-electron chi connectivity index (χ2n) is 10.7. The number of alkyl halides is 3. The van der Waals surface area contributed by atoms with Gasteiger partial charge in [0.15, 0.2) is 0 Å². The van der Waals surface area contributed by atoms with Crippen LogP contribution >= 0.6 is 0 Å². The van der Waals surface area contributed by atoms with Crippen LogP contribution in [0.25, 0.3) is 54.3 Å². The summed E-state index contributed by atoms with van der Waals surface area (Å²) < 4.78 is 42.6. The summed E-state index contributed by atoms with van der Waals surface area (Å²) in [6.07, 6.45) is -3.79. The zero-order valence-electron chi connectivity index (χ0n) is 21.1. The first-order valence-electron chi connectivity index (χ1n) is 12.4. The monoisotopic (exact) mass is 504 g/mol. The molecule has 0 atom stereocenters. The van der Waals surface area contributed by atoms with Gasteiger partial charge in [-0.1, -0.05) is 69.3 Å². The second-order valence-corrected chi connectivity index (χ2v) is 10.7. The maximum atomic E-state index is 14.2. The molecule has 5 aromatic carbocycles. The maximum Gasteiger partial charge on any atom is 0.418 e. The molecule has 5 heteroatoms. The summed E-state index contributed by atoms with van der Waals surface area (Å²) in [7, 11) is 0. The summed E-state index contributed by atoms with van der Waals surface area (Å²) in [5.74, 6) is 0. The Morgan fingerprint density at radius 2 is 1.32 bits per heavy atom. The molecule has 2 nitrogen and oxygen atoms in total. The zero-order chi connectivity index (χ0) is 26.8. The molecule has 6 aromatic rings. The Bertz CT molecular complexity index is 1950. The molecule has 0 aliphatic carbocycles. The maximum absolute atomic E-state index is 14.2. The molecule has 0 aliphatic rings. The molecule has 0 saturated heterocycles. The second kappa shape index (κ2) is 8.29. The Morgan fingerprint density at radius 1 is 0.684 bits per heavy atom. The average molecular weight is 505 g/mol. The number of fused-ring (bicyclic) bond motifs is 4. The molecule has 0 bridgehead atoms. The molecule has 1 aromatic heterocycles. The topological polar surface area (TPSA) is 36.7 Å². The van der Waals surface area contributed by atoms with Gasteiger partial charge in [-0.25, -0.2) is 0 Å². The molecule has 0 fully saturated rings. The minimum atomic E-state index is -4.66. The van der Waals surface area contributed by atoms with Gasteiger partial charge in [-0.15, -0.1) is 0 Å². The highest BCUT2D eigenvalue weighted by Crippen LogP contribution is 2.43. The van der Waals surface area contributed by atoms with Crippen LogP contribution in [-0.4, -0.2) is 4.98 Å². The number of pyridine rings is 1. The summed E-state index contributed by atoms with van der Waals surface area (Å²) in [5.41, 5.74) is 1.10. The van der Waals surface area contributed by atoms with Gasteiger partial charge in [-0.3, -0.25) is 4.98 Å². The van der Waals surface area contributed by atoms with Crippen LogP contribution in [0.5, 0.6) is 0 Å². The van der Waals surface area contributed by atoms with Crippen LogP contribution in [0, 0.1) is 11.3 Å². The van der Waals surface area contributed by atoms with Crippen molar-refractivity contribution >= 4 is 43.1 Å². The fourth-order valence-electron chi connectivity index (χ4n) is 5.45. The fourth-order valence-corrected chi connectivity index (χ4v) is 5.45. The van der Waals surface area contributed by atoms with E-state index in [1.165, 1.54) is 0 Å². The highest BCUT2D eigenvalue weighted by molar-refractivity contribution is 6.11. The van der Waals surface area contributed by atoms with Gasteiger partial charge in [0.2, 0.25) is 0 Å². The van der Waals surface area contributed by atoms with Gasteiger partial charge in [0, 0.05) is 27.9 Å². The Kier molecular flexibility index (Phi) is 5.22. The first kappa shape index (κ1) is 23.9. The van der Waals surface area contributed by atoms with Crippen molar-refractivity contribution in [2.24, 2.45) is 0 Å². The molecule has 6 rings (SSSR count). The van der Waals surface area contributed by atoms with E-state index in [0.717, 1.165) is 38.9 Å². The van der Waals surface area contributed by atoms with Gasteiger partial charge in [0.25, 0.3) is 0 Å². The van der Waals surface area contributed by atoms with Crippen LogP contribution in [0.3, 0.4) is 0 Å². The van der Waals surface area contributed by atoms with E-state index >= 15 is 0 Å². The van der Waals surface area contributed by atoms with Crippen LogP contribution < -0.4 is 0 Å². The minimum absolute atomic E-state index is 0.0110. The van der Waals surface area contributed by atoms with Crippen molar-refractivity contribution in [3.05, 3.63) is 102 Å². The Labute approximate surface area is 218 Å². The van der Waals surface area contributed by atoms with Gasteiger partial charge in [0.1, 0.15) is 6.07 Å². The number of aromatic nitrogens is 1. The molecule has 0 unspecified atom stereocenters. The number of nitriles is 1. The lowest BCUT2D eigenvalue weighted by Gasteiger charge is -2.24. The molecule has 0 amide bonds. The van der Waals surface area contributed by atoms with Gasteiger partial charge >= 0.3 is 6.18 Å². The molecule has 0 N–H and O–H groups in total. The number of hydrogen-bond donors (Lipinski definition) is 0. The first-order valence-corrected chi connectivity index (χ1v) is 12.4. The number of halogens is 3. The Hall–Kier alpha value is -4.43. The van der Waals surface area contributed by atoms with E-state index in [-0.39, 0.29) is 16.4 Å². The van der Waals surface area contributed by atoms with Crippen molar-refractivity contribution in [2.75, 3.05) is 0 Å². The summed E-state index contributed by atoms with van der Waals surface area (Å²) >= 11 is 0. The summed E-state index contributed by atoms with van der Waals surface area (Å²) in [5, 5.41) is 15.7. The van der Waals surface area contributed by atoms with Crippen molar-refractivity contribution < 1.29 is 13.2 Å². The van der Waals surface area contributed by atoms with Gasteiger partial charge in [-0.2, -0.15) is 18.4 Å². The molecule has 0 aliphatic heterocycles. The van der Waals surface area contributed by atoms with E-state index in [4.69, 9.17) is 0 Å². The molecule has 38 heavy (non-hydrogen) atoms. The van der Waals surface area contributed by atoms with Crippen LogP contribution in [0.2, 0.25) is 0 Å². The lowest BCUT2D eigenvalue weighted by Crippen LogP contribution is -2.12. The van der Waals surface area contributed by atoms with Crippen LogP contribution in [0.15, 0.2) is 85.1 Å². The van der Waals surface area contributed by atoms with Crippen molar-refractivity contribution in [3.8, 4) is 17.3 Å². The third kappa shape index (κ3) is 3.76. The van der Waals surface area contributed by atoms with Gasteiger partial charge < -0.3 is 0 Å². The third-order valence-electron chi connectivity index (χ3n) is 7.21. The van der Waals surface area contributed by atoms with Crippen molar-refractivity contribution in [1.29, 1.82) is 5.26 Å². The molecule has 1 heterocycles. The summed E-state index contributed by atoms with van der Waals surface area (Å²) in [4.78, 5) is 4.39.